The Labute approximate surface area is 231 Å². The number of ether oxygens (including phenoxy) is 2. The van der Waals surface area contributed by atoms with Crippen LogP contribution in [0.1, 0.15) is 89.7 Å². The summed E-state index contributed by atoms with van der Waals surface area (Å²) in [6, 6.07) is 0. The Morgan fingerprint density at radius 1 is 0.923 bits per heavy atom. The van der Waals surface area contributed by atoms with Gasteiger partial charge in [0.05, 0.1) is 5.60 Å². The lowest BCUT2D eigenvalue weighted by atomic mass is 9.51. The Kier molecular flexibility index (Phi) is 6.30. The molecule has 2 aliphatic heterocycles. The van der Waals surface area contributed by atoms with Gasteiger partial charge in [-0.2, -0.15) is 0 Å². The van der Waals surface area contributed by atoms with Crippen LogP contribution in [0.2, 0.25) is 0 Å². The van der Waals surface area contributed by atoms with Crippen LogP contribution in [0.25, 0.3) is 0 Å². The van der Waals surface area contributed by atoms with Gasteiger partial charge in [-0.05, 0) is 74.7 Å². The van der Waals surface area contributed by atoms with Crippen LogP contribution < -0.4 is 4.74 Å². The minimum Gasteiger partial charge on any atom is -0.507 e. The Bertz CT molecular complexity index is 1410. The van der Waals surface area contributed by atoms with E-state index in [0.717, 1.165) is 16.7 Å². The molecule has 1 saturated heterocycles. The van der Waals surface area contributed by atoms with Crippen LogP contribution in [0.3, 0.4) is 0 Å². The molecular formula is C33H40O6. The van der Waals surface area contributed by atoms with E-state index in [1.807, 2.05) is 73.6 Å². The summed E-state index contributed by atoms with van der Waals surface area (Å²) in [6.45, 7) is 15.7. The lowest BCUT2D eigenvalue weighted by Crippen LogP contribution is -2.72. The number of carbonyl (C=O) groups excluding carboxylic acids is 2. The molecule has 1 saturated carbocycles. The third-order valence-corrected chi connectivity index (χ3v) is 8.92. The average Bonchev–Trinajstić information content (AvgIpc) is 2.99. The molecule has 6 heteroatoms. The van der Waals surface area contributed by atoms with Crippen molar-refractivity contribution in [2.45, 2.75) is 97.9 Å². The summed E-state index contributed by atoms with van der Waals surface area (Å²) in [4.78, 5) is 28.5. The molecule has 39 heavy (non-hydrogen) atoms. The maximum atomic E-state index is 14.5. The molecule has 3 aliphatic carbocycles. The number of hydrogen-bond donors (Lipinski definition) is 2. The molecule has 2 fully saturated rings. The molecule has 2 heterocycles. The highest BCUT2D eigenvalue weighted by Gasteiger charge is 2.81. The number of aromatic hydroxyl groups is 2. The zero-order valence-corrected chi connectivity index (χ0v) is 24.3. The fourth-order valence-electron chi connectivity index (χ4n) is 7.10. The predicted molar refractivity (Wildman–Crippen MR) is 150 cm³/mol. The predicted octanol–water partition coefficient (Wildman–Crippen LogP) is 6.48. The molecule has 6 nitrogen and oxygen atoms in total. The molecular weight excluding hydrogens is 492 g/mol. The minimum atomic E-state index is -1.38. The number of rotatable bonds is 6. The molecule has 5 aliphatic rings. The van der Waals surface area contributed by atoms with Crippen LogP contribution in [0.4, 0.5) is 0 Å². The summed E-state index contributed by atoms with van der Waals surface area (Å²) in [7, 11) is 0. The van der Waals surface area contributed by atoms with Crippen molar-refractivity contribution < 1.29 is 29.3 Å². The highest BCUT2D eigenvalue weighted by atomic mass is 16.6. The second-order valence-electron chi connectivity index (χ2n) is 12.9. The second-order valence-corrected chi connectivity index (χ2v) is 12.9. The number of fused-ring (bicyclic) bond motifs is 1. The first-order valence-electron chi connectivity index (χ1n) is 13.9. The number of phenols is 2. The maximum Gasteiger partial charge on any atom is 0.200 e. The standard InChI is InChI=1S/C33H40O6/c1-17(2)9-11-21-26(34)22(12-10-18(3)4)29-25(27(21)35)28(36)23-15-20-16-24-31(7,8)39-32(30(20)37,14-13-19(5)6)33(23,24)38-29/h9-10,13,15,20,24,34-35H,11-12,14,16H2,1-8H3/t20-,24?,32-,33-/m0/s1. The first kappa shape index (κ1) is 27.4. The topological polar surface area (TPSA) is 93.1 Å². The van der Waals surface area contributed by atoms with E-state index in [2.05, 4.69) is 0 Å². The van der Waals surface area contributed by atoms with E-state index in [1.54, 1.807) is 6.08 Å². The van der Waals surface area contributed by atoms with Gasteiger partial charge in [0.15, 0.2) is 22.8 Å². The summed E-state index contributed by atoms with van der Waals surface area (Å²) >= 11 is 0. The first-order valence-corrected chi connectivity index (χ1v) is 13.9. The normalized spacial score (nSPS) is 29.2. The van der Waals surface area contributed by atoms with Crippen molar-refractivity contribution in [2.24, 2.45) is 11.8 Å². The molecule has 4 atom stereocenters. The monoisotopic (exact) mass is 532 g/mol. The van der Waals surface area contributed by atoms with Gasteiger partial charge in [0.2, 0.25) is 0 Å². The molecule has 1 spiro atoms. The minimum absolute atomic E-state index is 0.0635. The van der Waals surface area contributed by atoms with Crippen molar-refractivity contribution >= 4 is 11.6 Å². The van der Waals surface area contributed by atoms with E-state index in [1.165, 1.54) is 0 Å². The second kappa shape index (κ2) is 8.95. The van der Waals surface area contributed by atoms with Crippen LogP contribution in [-0.4, -0.2) is 38.6 Å². The fourth-order valence-corrected chi connectivity index (χ4v) is 7.10. The van der Waals surface area contributed by atoms with Crippen LogP contribution >= 0.6 is 0 Å². The van der Waals surface area contributed by atoms with Crippen molar-refractivity contribution in [1.82, 2.24) is 0 Å². The summed E-state index contributed by atoms with van der Waals surface area (Å²) in [5.74, 6) is -1.33. The van der Waals surface area contributed by atoms with Crippen LogP contribution in [0.15, 0.2) is 46.6 Å². The maximum absolute atomic E-state index is 14.5. The number of hydrogen-bond acceptors (Lipinski definition) is 6. The lowest BCUT2D eigenvalue weighted by molar-refractivity contribution is -0.171. The number of ketones is 2. The number of Topliss-reactive ketones (excluding diaryl/α,β-unsaturated/α-hetero) is 2. The van der Waals surface area contributed by atoms with Gasteiger partial charge in [0.25, 0.3) is 0 Å². The largest absolute Gasteiger partial charge is 0.507 e. The van der Waals surface area contributed by atoms with E-state index in [0.29, 0.717) is 29.5 Å². The Balaban J connectivity index is 1.82. The summed E-state index contributed by atoms with van der Waals surface area (Å²) < 4.78 is 13.7. The van der Waals surface area contributed by atoms with Gasteiger partial charge in [-0.3, -0.25) is 9.59 Å². The molecule has 208 valence electrons. The van der Waals surface area contributed by atoms with Gasteiger partial charge < -0.3 is 19.7 Å². The summed E-state index contributed by atoms with van der Waals surface area (Å²) in [6.07, 6.45) is 9.00. The Morgan fingerprint density at radius 3 is 2.10 bits per heavy atom. The van der Waals surface area contributed by atoms with E-state index in [9.17, 15) is 19.8 Å². The smallest absolute Gasteiger partial charge is 0.200 e. The zero-order chi connectivity index (χ0) is 28.7. The molecule has 1 aromatic rings. The quantitative estimate of drug-likeness (QED) is 0.408. The van der Waals surface area contributed by atoms with Crippen molar-refractivity contribution in [2.75, 3.05) is 0 Å². The highest BCUT2D eigenvalue weighted by molar-refractivity contribution is 6.18. The summed E-state index contributed by atoms with van der Waals surface area (Å²) in [5.41, 5.74) is 0.856. The van der Waals surface area contributed by atoms with Gasteiger partial charge in [0, 0.05) is 35.0 Å². The Hall–Kier alpha value is -3.12. The molecule has 0 radical (unpaired) electrons. The molecule has 2 N–H and O–H groups in total. The van der Waals surface area contributed by atoms with Crippen LogP contribution in [0.5, 0.6) is 17.2 Å². The van der Waals surface area contributed by atoms with Crippen LogP contribution in [0, 0.1) is 11.8 Å². The first-order chi connectivity index (χ1) is 18.2. The van der Waals surface area contributed by atoms with E-state index >= 15 is 0 Å². The molecule has 0 aromatic heterocycles. The third kappa shape index (κ3) is 3.71. The molecule has 1 unspecified atom stereocenters. The van der Waals surface area contributed by atoms with Crippen LogP contribution in [-0.2, 0) is 22.4 Å². The Morgan fingerprint density at radius 2 is 1.51 bits per heavy atom. The molecule has 6 rings (SSSR count). The number of benzene rings is 1. The van der Waals surface area contributed by atoms with E-state index < -0.39 is 22.7 Å². The van der Waals surface area contributed by atoms with Crippen molar-refractivity contribution in [3.8, 4) is 17.2 Å². The lowest BCUT2D eigenvalue weighted by Gasteiger charge is -2.56. The van der Waals surface area contributed by atoms with Gasteiger partial charge in [0.1, 0.15) is 22.8 Å². The number of carbonyl (C=O) groups is 2. The molecule has 1 aromatic carbocycles. The fraction of sp³-hybridized carbons (Fsp3) is 0.515. The zero-order valence-electron chi connectivity index (χ0n) is 24.3. The number of phenolic OH excluding ortho intramolecular Hbond substituents is 2. The molecule has 4 bridgehead atoms. The summed E-state index contributed by atoms with van der Waals surface area (Å²) in [5, 5.41) is 23.0. The van der Waals surface area contributed by atoms with Gasteiger partial charge in [-0.15, -0.1) is 0 Å². The number of allylic oxidation sites excluding steroid dienone is 6. The molecule has 0 amide bonds. The van der Waals surface area contributed by atoms with E-state index in [-0.39, 0.29) is 53.1 Å². The van der Waals surface area contributed by atoms with Gasteiger partial charge in [-0.25, -0.2) is 0 Å². The van der Waals surface area contributed by atoms with Crippen molar-refractivity contribution in [3.05, 3.63) is 63.3 Å². The highest BCUT2D eigenvalue weighted by Crippen LogP contribution is 2.68. The van der Waals surface area contributed by atoms with Crippen molar-refractivity contribution in [1.29, 1.82) is 0 Å². The van der Waals surface area contributed by atoms with Gasteiger partial charge in [-0.1, -0.05) is 41.0 Å². The van der Waals surface area contributed by atoms with Gasteiger partial charge >= 0.3 is 0 Å². The van der Waals surface area contributed by atoms with E-state index in [4.69, 9.17) is 9.47 Å². The average molecular weight is 533 g/mol. The SMILES string of the molecule is CC(C)=CCc1c(O)c(CC=C(C)C)c2c(c1O)C(=O)C1=C[C@H]3CC4C(C)(C)O[C@@](CC=C(C)C)(C3=O)[C@]14O2. The van der Waals surface area contributed by atoms with Crippen molar-refractivity contribution in [3.63, 3.8) is 0 Å². The third-order valence-electron chi connectivity index (χ3n) is 8.92.